The van der Waals surface area contributed by atoms with E-state index in [1.165, 1.54) is 0 Å². The highest BCUT2D eigenvalue weighted by molar-refractivity contribution is 5.30. The summed E-state index contributed by atoms with van der Waals surface area (Å²) in [4.78, 5) is 0. The molecule has 0 aliphatic rings. The Labute approximate surface area is 72.8 Å². The minimum absolute atomic E-state index is 0.0143. The summed E-state index contributed by atoms with van der Waals surface area (Å²) >= 11 is 0. The van der Waals surface area contributed by atoms with Gasteiger partial charge in [0.15, 0.2) is 0 Å². The van der Waals surface area contributed by atoms with E-state index in [0.29, 0.717) is 0 Å². The Bertz CT molecular complexity index is 265. The van der Waals surface area contributed by atoms with Gasteiger partial charge >= 0.3 is 0 Å². The zero-order chi connectivity index (χ0) is 9.19. The van der Waals surface area contributed by atoms with Crippen LogP contribution in [0.5, 0.6) is 5.75 Å². The van der Waals surface area contributed by atoms with E-state index in [1.54, 1.807) is 13.3 Å². The Morgan fingerprint density at radius 2 is 2.00 bits per heavy atom. The summed E-state index contributed by atoms with van der Waals surface area (Å²) in [5.74, 6) is 0.803. The van der Waals surface area contributed by atoms with E-state index in [9.17, 15) is 0 Å². The van der Waals surface area contributed by atoms with E-state index in [0.717, 1.165) is 11.4 Å². The van der Waals surface area contributed by atoms with Crippen molar-refractivity contribution in [2.75, 3.05) is 7.11 Å². The highest BCUT2D eigenvalue weighted by atomic mass is 16.5. The average Bonchev–Trinajstić information content (AvgIpc) is 2.03. The molecule has 0 bridgehead atoms. The molecule has 1 heterocycles. The van der Waals surface area contributed by atoms with E-state index < -0.39 is 0 Å². The van der Waals surface area contributed by atoms with Crippen LogP contribution in [0.25, 0.3) is 0 Å². The van der Waals surface area contributed by atoms with Gasteiger partial charge in [0.2, 0.25) is 0 Å². The highest BCUT2D eigenvalue weighted by Crippen LogP contribution is 2.27. The summed E-state index contributed by atoms with van der Waals surface area (Å²) in [6.45, 7) is 6.25. The van der Waals surface area contributed by atoms with Gasteiger partial charge in [-0.2, -0.15) is 10.2 Å². The lowest BCUT2D eigenvalue weighted by Gasteiger charge is -2.18. The molecule has 0 atom stereocenters. The second-order valence-electron chi connectivity index (χ2n) is 3.70. The maximum Gasteiger partial charge on any atom is 0.144 e. The molecular formula is C9H14N2O. The van der Waals surface area contributed by atoms with Crippen molar-refractivity contribution in [3.8, 4) is 5.75 Å². The lowest BCUT2D eigenvalue weighted by Crippen LogP contribution is -2.15. The molecule has 3 heteroatoms. The molecule has 3 nitrogen and oxygen atoms in total. The smallest absolute Gasteiger partial charge is 0.144 e. The molecule has 0 aliphatic heterocycles. The number of ether oxygens (including phenoxy) is 1. The van der Waals surface area contributed by atoms with Gasteiger partial charge in [-0.1, -0.05) is 20.8 Å². The normalized spacial score (nSPS) is 11.3. The van der Waals surface area contributed by atoms with Gasteiger partial charge in [0, 0.05) is 11.5 Å². The molecule has 1 rings (SSSR count). The number of hydrogen-bond donors (Lipinski definition) is 0. The number of hydrogen-bond acceptors (Lipinski definition) is 3. The summed E-state index contributed by atoms with van der Waals surface area (Å²) < 4.78 is 5.17. The molecule has 0 saturated carbocycles. The molecule has 1 aromatic rings. The Balaban J connectivity index is 3.14. The Morgan fingerprint density at radius 1 is 1.33 bits per heavy atom. The largest absolute Gasteiger partial charge is 0.495 e. The summed E-state index contributed by atoms with van der Waals surface area (Å²) in [7, 11) is 1.65. The van der Waals surface area contributed by atoms with Gasteiger partial charge < -0.3 is 4.74 Å². The molecule has 0 unspecified atom stereocenters. The van der Waals surface area contributed by atoms with Crippen LogP contribution < -0.4 is 4.74 Å². The molecule has 0 radical (unpaired) electrons. The molecule has 1 aromatic heterocycles. The van der Waals surface area contributed by atoms with Crippen LogP contribution in [0, 0.1) is 0 Å². The minimum atomic E-state index is -0.0143. The summed E-state index contributed by atoms with van der Waals surface area (Å²) in [5, 5.41) is 7.88. The van der Waals surface area contributed by atoms with E-state index in [-0.39, 0.29) is 5.41 Å². The van der Waals surface area contributed by atoms with Crippen LogP contribution in [-0.4, -0.2) is 17.3 Å². The first-order valence-corrected chi connectivity index (χ1v) is 3.92. The van der Waals surface area contributed by atoms with Crippen molar-refractivity contribution in [2.45, 2.75) is 26.2 Å². The van der Waals surface area contributed by atoms with E-state index in [2.05, 4.69) is 31.0 Å². The monoisotopic (exact) mass is 166 g/mol. The molecular weight excluding hydrogens is 152 g/mol. The minimum Gasteiger partial charge on any atom is -0.495 e. The van der Waals surface area contributed by atoms with Crippen LogP contribution in [0.4, 0.5) is 0 Å². The number of methoxy groups -OCH3 is 1. The van der Waals surface area contributed by atoms with Crippen LogP contribution in [0.15, 0.2) is 12.3 Å². The number of nitrogens with zero attached hydrogens (tertiary/aromatic N) is 2. The zero-order valence-electron chi connectivity index (χ0n) is 7.96. The highest BCUT2D eigenvalue weighted by Gasteiger charge is 2.20. The summed E-state index contributed by atoms with van der Waals surface area (Å²) in [6.07, 6.45) is 1.63. The fourth-order valence-corrected chi connectivity index (χ4v) is 1.00. The first-order chi connectivity index (χ1) is 5.55. The predicted molar refractivity (Wildman–Crippen MR) is 47.3 cm³/mol. The molecule has 0 fully saturated rings. The van der Waals surface area contributed by atoms with Gasteiger partial charge in [-0.05, 0) is 0 Å². The second-order valence-corrected chi connectivity index (χ2v) is 3.70. The fourth-order valence-electron chi connectivity index (χ4n) is 1.00. The third kappa shape index (κ3) is 1.72. The predicted octanol–water partition coefficient (Wildman–Crippen LogP) is 1.78. The molecule has 0 N–H and O–H groups in total. The van der Waals surface area contributed by atoms with Crippen LogP contribution in [0.3, 0.4) is 0 Å². The quantitative estimate of drug-likeness (QED) is 0.638. The molecule has 0 saturated heterocycles. The van der Waals surface area contributed by atoms with Crippen LogP contribution in [0.2, 0.25) is 0 Å². The van der Waals surface area contributed by atoms with Gasteiger partial charge in [-0.3, -0.25) is 0 Å². The van der Waals surface area contributed by atoms with Gasteiger partial charge in [0.1, 0.15) is 11.4 Å². The lowest BCUT2D eigenvalue weighted by molar-refractivity contribution is 0.389. The van der Waals surface area contributed by atoms with Gasteiger partial charge in [-0.15, -0.1) is 0 Å². The molecule has 0 amide bonds. The lowest BCUT2D eigenvalue weighted by atomic mass is 9.91. The average molecular weight is 166 g/mol. The molecule has 0 aromatic carbocycles. The third-order valence-electron chi connectivity index (χ3n) is 1.61. The van der Waals surface area contributed by atoms with Crippen LogP contribution >= 0.6 is 0 Å². The first-order valence-electron chi connectivity index (χ1n) is 3.92. The van der Waals surface area contributed by atoms with Crippen LogP contribution in [0.1, 0.15) is 26.5 Å². The van der Waals surface area contributed by atoms with Gasteiger partial charge in [0.25, 0.3) is 0 Å². The SMILES string of the molecule is COc1ccnnc1C(C)(C)C. The number of rotatable bonds is 1. The molecule has 66 valence electrons. The maximum absolute atomic E-state index is 5.17. The fraction of sp³-hybridized carbons (Fsp3) is 0.556. The zero-order valence-corrected chi connectivity index (χ0v) is 7.96. The number of aromatic nitrogens is 2. The van der Waals surface area contributed by atoms with E-state index >= 15 is 0 Å². The molecule has 12 heavy (non-hydrogen) atoms. The van der Waals surface area contributed by atoms with Gasteiger partial charge in [-0.25, -0.2) is 0 Å². The van der Waals surface area contributed by atoms with Crippen molar-refractivity contribution in [3.05, 3.63) is 18.0 Å². The van der Waals surface area contributed by atoms with Crippen molar-refractivity contribution in [3.63, 3.8) is 0 Å². The summed E-state index contributed by atoms with van der Waals surface area (Å²) in [5.41, 5.74) is 0.882. The standard InChI is InChI=1S/C9H14N2O/c1-9(2,3)8-7(12-4)5-6-10-11-8/h5-6H,1-4H3. The van der Waals surface area contributed by atoms with Gasteiger partial charge in [0.05, 0.1) is 13.3 Å². The van der Waals surface area contributed by atoms with Crippen molar-refractivity contribution in [1.82, 2.24) is 10.2 Å². The van der Waals surface area contributed by atoms with Crippen molar-refractivity contribution < 1.29 is 4.74 Å². The Kier molecular flexibility index (Phi) is 2.31. The van der Waals surface area contributed by atoms with Crippen molar-refractivity contribution >= 4 is 0 Å². The molecule has 0 spiro atoms. The summed E-state index contributed by atoms with van der Waals surface area (Å²) in [6, 6.07) is 1.83. The van der Waals surface area contributed by atoms with E-state index in [4.69, 9.17) is 4.74 Å². The second kappa shape index (κ2) is 3.09. The van der Waals surface area contributed by atoms with E-state index in [1.807, 2.05) is 6.07 Å². The maximum atomic E-state index is 5.17. The topological polar surface area (TPSA) is 35.0 Å². The third-order valence-corrected chi connectivity index (χ3v) is 1.61. The Hall–Kier alpha value is -1.12. The van der Waals surface area contributed by atoms with Crippen molar-refractivity contribution in [1.29, 1.82) is 0 Å². The Morgan fingerprint density at radius 3 is 2.42 bits per heavy atom. The van der Waals surface area contributed by atoms with Crippen molar-refractivity contribution in [2.24, 2.45) is 0 Å². The first kappa shape index (κ1) is 8.97. The molecule has 0 aliphatic carbocycles. The van der Waals surface area contributed by atoms with Crippen LogP contribution in [-0.2, 0) is 5.41 Å².